The van der Waals surface area contributed by atoms with Gasteiger partial charge < -0.3 is 14.2 Å². The van der Waals surface area contributed by atoms with E-state index >= 15 is 0 Å². The molecular weight excluding hydrogens is 554 g/mol. The predicted octanol–water partition coefficient (Wildman–Crippen LogP) is 5.06. The Morgan fingerprint density at radius 3 is 2.59 bits per heavy atom. The fraction of sp³-hybridized carbons (Fsp3) is 0.259. The van der Waals surface area contributed by atoms with Gasteiger partial charge in [-0.2, -0.15) is 0 Å². The number of carbonyl (C=O) groups excluding carboxylic acids is 2. The van der Waals surface area contributed by atoms with Gasteiger partial charge >= 0.3 is 0 Å². The molecule has 5 rings (SSSR count). The highest BCUT2D eigenvalue weighted by Crippen LogP contribution is 2.29. The highest BCUT2D eigenvalue weighted by molar-refractivity contribution is 9.10. The zero-order chi connectivity index (χ0) is 25.9. The minimum atomic E-state index is -0.0871. The molecule has 8 nitrogen and oxygen atoms in total. The topological polar surface area (TPSA) is 84.5 Å². The normalized spacial score (nSPS) is 15.7. The van der Waals surface area contributed by atoms with Crippen LogP contribution in [0.1, 0.15) is 22.8 Å². The predicted molar refractivity (Wildman–Crippen MR) is 146 cm³/mol. The smallest absolute Gasteiger partial charge is 0.254 e. The maximum absolute atomic E-state index is 13.2. The summed E-state index contributed by atoms with van der Waals surface area (Å²) in [7, 11) is 0. The van der Waals surface area contributed by atoms with Crippen LogP contribution in [0.25, 0.3) is 17.3 Å². The molecule has 2 amide bonds. The van der Waals surface area contributed by atoms with Crippen LogP contribution in [-0.2, 0) is 4.79 Å². The largest absolute Gasteiger partial charge is 0.461 e. The van der Waals surface area contributed by atoms with Crippen LogP contribution in [-0.4, -0.2) is 67.8 Å². The minimum Gasteiger partial charge on any atom is -0.461 e. The SMILES string of the molecule is Cc1ccc(-n2c(SCC(=O)N3CCN(C(=O)c4cccc(Br)c4)C(C)C3)nnc2-c2ccco2)cc1. The number of thioether (sulfide) groups is 1. The monoisotopic (exact) mass is 579 g/mol. The van der Waals surface area contributed by atoms with Gasteiger partial charge in [-0.3, -0.25) is 14.2 Å². The summed E-state index contributed by atoms with van der Waals surface area (Å²) >= 11 is 4.77. The molecule has 190 valence electrons. The first-order valence-electron chi connectivity index (χ1n) is 11.9. The van der Waals surface area contributed by atoms with Crippen molar-refractivity contribution in [3.05, 3.63) is 82.5 Å². The van der Waals surface area contributed by atoms with Crippen LogP contribution in [0.15, 0.2) is 81.0 Å². The van der Waals surface area contributed by atoms with Crippen LogP contribution < -0.4 is 0 Å². The van der Waals surface area contributed by atoms with E-state index in [2.05, 4.69) is 26.1 Å². The fourth-order valence-electron chi connectivity index (χ4n) is 4.35. The van der Waals surface area contributed by atoms with Crippen LogP contribution in [0, 0.1) is 6.92 Å². The second-order valence-electron chi connectivity index (χ2n) is 8.94. The van der Waals surface area contributed by atoms with Crippen LogP contribution in [0.4, 0.5) is 0 Å². The molecule has 1 aliphatic heterocycles. The summed E-state index contributed by atoms with van der Waals surface area (Å²) in [6, 6.07) is 19.0. The number of nitrogens with zero attached hydrogens (tertiary/aromatic N) is 5. The van der Waals surface area contributed by atoms with Crippen molar-refractivity contribution in [3.8, 4) is 17.3 Å². The van der Waals surface area contributed by atoms with E-state index in [-0.39, 0.29) is 23.6 Å². The molecule has 1 atom stereocenters. The van der Waals surface area contributed by atoms with Gasteiger partial charge in [-0.15, -0.1) is 10.2 Å². The summed E-state index contributed by atoms with van der Waals surface area (Å²) in [5.74, 6) is 1.38. The van der Waals surface area contributed by atoms with E-state index in [0.29, 0.717) is 41.9 Å². The Bertz CT molecular complexity index is 1400. The lowest BCUT2D eigenvalue weighted by atomic mass is 10.1. The molecule has 1 unspecified atom stereocenters. The molecule has 1 saturated heterocycles. The van der Waals surface area contributed by atoms with Crippen molar-refractivity contribution in [3.63, 3.8) is 0 Å². The Hall–Kier alpha value is -3.37. The van der Waals surface area contributed by atoms with E-state index in [9.17, 15) is 9.59 Å². The number of aromatic nitrogens is 3. The number of halogens is 1. The van der Waals surface area contributed by atoms with E-state index in [1.54, 1.807) is 6.26 Å². The third-order valence-corrected chi connectivity index (χ3v) is 7.71. The average molecular weight is 581 g/mol. The lowest BCUT2D eigenvalue weighted by Gasteiger charge is -2.40. The van der Waals surface area contributed by atoms with Crippen molar-refractivity contribution in [2.24, 2.45) is 0 Å². The highest BCUT2D eigenvalue weighted by Gasteiger charge is 2.30. The molecule has 0 radical (unpaired) electrons. The molecule has 37 heavy (non-hydrogen) atoms. The molecular formula is C27H26BrN5O3S. The van der Waals surface area contributed by atoms with Crippen LogP contribution >= 0.6 is 27.7 Å². The Balaban J connectivity index is 1.27. The fourth-order valence-corrected chi connectivity index (χ4v) is 5.60. The maximum atomic E-state index is 13.2. The number of amides is 2. The summed E-state index contributed by atoms with van der Waals surface area (Å²) < 4.78 is 8.35. The standard InChI is InChI=1S/C27H26BrN5O3S/c1-18-8-10-22(11-9-18)33-25(23-7-4-14-36-23)29-30-27(33)37-17-24(34)31-12-13-32(19(2)16-31)26(35)20-5-3-6-21(28)15-20/h3-11,14-15,19H,12-13,16-17H2,1-2H3. The highest BCUT2D eigenvalue weighted by atomic mass is 79.9. The Morgan fingerprint density at radius 1 is 1.08 bits per heavy atom. The quantitative estimate of drug-likeness (QED) is 0.297. The van der Waals surface area contributed by atoms with Crippen LogP contribution in [0.5, 0.6) is 0 Å². The van der Waals surface area contributed by atoms with Gasteiger partial charge in [-0.25, -0.2) is 0 Å². The lowest BCUT2D eigenvalue weighted by molar-refractivity contribution is -0.130. The molecule has 0 spiro atoms. The van der Waals surface area contributed by atoms with Crippen molar-refractivity contribution in [2.75, 3.05) is 25.4 Å². The molecule has 1 aliphatic rings. The molecule has 0 N–H and O–H groups in total. The Morgan fingerprint density at radius 2 is 1.89 bits per heavy atom. The number of hydrogen-bond donors (Lipinski definition) is 0. The molecule has 0 saturated carbocycles. The van der Waals surface area contributed by atoms with Crippen LogP contribution in [0.2, 0.25) is 0 Å². The summed E-state index contributed by atoms with van der Waals surface area (Å²) in [4.78, 5) is 29.8. The van der Waals surface area contributed by atoms with Crippen molar-refractivity contribution in [1.29, 1.82) is 0 Å². The molecule has 10 heteroatoms. The van der Waals surface area contributed by atoms with Gasteiger partial charge in [-0.05, 0) is 56.3 Å². The third-order valence-electron chi connectivity index (χ3n) is 6.30. The number of furan rings is 1. The Labute approximate surface area is 227 Å². The summed E-state index contributed by atoms with van der Waals surface area (Å²) in [6.45, 7) is 5.48. The molecule has 2 aromatic heterocycles. The Kier molecular flexibility index (Phi) is 7.48. The average Bonchev–Trinajstić information content (AvgIpc) is 3.57. The lowest BCUT2D eigenvalue weighted by Crippen LogP contribution is -2.55. The summed E-state index contributed by atoms with van der Waals surface area (Å²) in [5.41, 5.74) is 2.68. The molecule has 0 aliphatic carbocycles. The third kappa shape index (κ3) is 5.50. The van der Waals surface area contributed by atoms with Gasteiger partial charge in [0, 0.05) is 41.4 Å². The summed E-state index contributed by atoms with van der Waals surface area (Å²) in [6.07, 6.45) is 1.60. The second kappa shape index (κ2) is 10.9. The first-order valence-corrected chi connectivity index (χ1v) is 13.7. The van der Waals surface area contributed by atoms with Gasteiger partial charge in [0.15, 0.2) is 10.9 Å². The van der Waals surface area contributed by atoms with Gasteiger partial charge in [-0.1, -0.05) is 51.5 Å². The van der Waals surface area contributed by atoms with Gasteiger partial charge in [0.25, 0.3) is 5.91 Å². The van der Waals surface area contributed by atoms with E-state index in [4.69, 9.17) is 4.42 Å². The first kappa shape index (κ1) is 25.3. The van der Waals surface area contributed by atoms with E-state index in [0.717, 1.165) is 15.7 Å². The maximum Gasteiger partial charge on any atom is 0.254 e. The van der Waals surface area contributed by atoms with Gasteiger partial charge in [0.05, 0.1) is 12.0 Å². The van der Waals surface area contributed by atoms with E-state index < -0.39 is 0 Å². The number of hydrogen-bond acceptors (Lipinski definition) is 6. The van der Waals surface area contributed by atoms with Crippen molar-refractivity contribution >= 4 is 39.5 Å². The van der Waals surface area contributed by atoms with Crippen molar-refractivity contribution in [2.45, 2.75) is 25.0 Å². The molecule has 2 aromatic carbocycles. The second-order valence-corrected chi connectivity index (χ2v) is 10.8. The molecule has 4 aromatic rings. The number of aryl methyl sites for hydroxylation is 1. The van der Waals surface area contributed by atoms with Gasteiger partial charge in [0.1, 0.15) is 0 Å². The number of piperazine rings is 1. The zero-order valence-electron chi connectivity index (χ0n) is 20.5. The van der Waals surface area contributed by atoms with Gasteiger partial charge in [0.2, 0.25) is 11.7 Å². The van der Waals surface area contributed by atoms with E-state index in [1.165, 1.54) is 11.8 Å². The van der Waals surface area contributed by atoms with Crippen LogP contribution in [0.3, 0.4) is 0 Å². The summed E-state index contributed by atoms with van der Waals surface area (Å²) in [5, 5.41) is 9.33. The molecule has 3 heterocycles. The first-order chi connectivity index (χ1) is 17.9. The van der Waals surface area contributed by atoms with E-state index in [1.807, 2.05) is 88.9 Å². The number of benzene rings is 2. The minimum absolute atomic E-state index is 0.00408. The number of carbonyl (C=O) groups is 2. The van der Waals surface area contributed by atoms with Crippen molar-refractivity contribution < 1.29 is 14.0 Å². The zero-order valence-corrected chi connectivity index (χ0v) is 22.9. The number of rotatable bonds is 6. The molecule has 0 bridgehead atoms. The molecule has 1 fully saturated rings. The van der Waals surface area contributed by atoms with Crippen molar-refractivity contribution in [1.82, 2.24) is 24.6 Å².